The van der Waals surface area contributed by atoms with Crippen molar-refractivity contribution in [1.29, 1.82) is 0 Å². The third-order valence-corrected chi connectivity index (χ3v) is 9.68. The van der Waals surface area contributed by atoms with Crippen molar-refractivity contribution in [3.05, 3.63) is 65.9 Å². The normalized spacial score (nSPS) is 18.5. The van der Waals surface area contributed by atoms with Crippen molar-refractivity contribution >= 4 is 40.6 Å². The van der Waals surface area contributed by atoms with Gasteiger partial charge in [0.1, 0.15) is 5.82 Å². The minimum absolute atomic E-state index is 0.00303. The molecule has 11 heteroatoms. The summed E-state index contributed by atoms with van der Waals surface area (Å²) in [6, 6.07) is 16.2. The zero-order valence-corrected chi connectivity index (χ0v) is 27.4. The molecule has 2 N–H and O–H groups in total. The quantitative estimate of drug-likeness (QED) is 0.346. The van der Waals surface area contributed by atoms with Gasteiger partial charge in [-0.25, -0.2) is 9.78 Å². The summed E-state index contributed by atoms with van der Waals surface area (Å²) in [6.45, 7) is 16.5. The molecule has 2 amide bonds. The Morgan fingerprint density at radius 2 is 1.46 bits per heavy atom. The van der Waals surface area contributed by atoms with Crippen LogP contribution in [0.1, 0.15) is 42.6 Å². The minimum atomic E-state index is -0.143. The lowest BCUT2D eigenvalue weighted by Crippen LogP contribution is -2.53. The van der Waals surface area contributed by atoms with E-state index in [-0.39, 0.29) is 11.8 Å². The molecule has 0 saturated carbocycles. The highest BCUT2D eigenvalue weighted by molar-refractivity contribution is 5.95. The molecule has 6 rings (SSSR count). The van der Waals surface area contributed by atoms with E-state index in [9.17, 15) is 9.59 Å². The minimum Gasteiger partial charge on any atom is -0.371 e. The Balaban J connectivity index is 0.987. The van der Waals surface area contributed by atoms with Crippen LogP contribution >= 0.6 is 0 Å². The molecular formula is C35H47N9O2. The van der Waals surface area contributed by atoms with E-state index in [2.05, 4.69) is 66.4 Å². The summed E-state index contributed by atoms with van der Waals surface area (Å²) < 4.78 is 0. The number of piperazine rings is 2. The standard InChI is InChI=1S/C35H47N9O2/c1-4-40-17-19-42(20-18-40)32-13-15-41(16-14-32)31-11-9-29(10-12-31)37-34-36-25-26(2)33(39-34)43-21-23-44(24-22-43)35(46)38-30-7-5-28(6-8-30)27(3)45/h5-12,25,32H,4,13-24H2,1-3H3,(H,38,46)(H,36,37,39). The van der Waals surface area contributed by atoms with E-state index in [1.807, 2.05) is 18.0 Å². The molecule has 0 bridgehead atoms. The first kappa shape index (κ1) is 31.7. The number of hydrogen-bond donors (Lipinski definition) is 2. The summed E-state index contributed by atoms with van der Waals surface area (Å²) in [7, 11) is 0. The second-order valence-corrected chi connectivity index (χ2v) is 12.6. The molecule has 2 aromatic carbocycles. The van der Waals surface area contributed by atoms with Gasteiger partial charge in [0.25, 0.3) is 0 Å². The number of aryl methyl sites for hydroxylation is 1. The summed E-state index contributed by atoms with van der Waals surface area (Å²) in [5.41, 5.74) is 4.52. The van der Waals surface area contributed by atoms with Gasteiger partial charge < -0.3 is 30.2 Å². The van der Waals surface area contributed by atoms with Crippen LogP contribution in [-0.4, -0.2) is 115 Å². The molecule has 0 spiro atoms. The number of anilines is 5. The molecular weight excluding hydrogens is 578 g/mol. The highest BCUT2D eigenvalue weighted by atomic mass is 16.2. The van der Waals surface area contributed by atoms with Crippen LogP contribution in [0.2, 0.25) is 0 Å². The lowest BCUT2D eigenvalue weighted by atomic mass is 10.0. The van der Waals surface area contributed by atoms with Gasteiger partial charge in [-0.2, -0.15) is 4.98 Å². The van der Waals surface area contributed by atoms with Crippen LogP contribution in [-0.2, 0) is 0 Å². The van der Waals surface area contributed by atoms with Gasteiger partial charge in [0.2, 0.25) is 5.95 Å². The number of benzene rings is 2. The second kappa shape index (κ2) is 14.5. The summed E-state index contributed by atoms with van der Waals surface area (Å²) in [6.07, 6.45) is 4.30. The van der Waals surface area contributed by atoms with E-state index >= 15 is 0 Å². The van der Waals surface area contributed by atoms with Gasteiger partial charge in [0, 0.05) is 106 Å². The van der Waals surface area contributed by atoms with Crippen molar-refractivity contribution in [2.45, 2.75) is 39.7 Å². The molecule has 3 aliphatic rings. The molecule has 0 atom stereocenters. The van der Waals surface area contributed by atoms with Crippen LogP contribution < -0.4 is 20.4 Å². The first-order chi connectivity index (χ1) is 22.4. The van der Waals surface area contributed by atoms with Gasteiger partial charge in [-0.15, -0.1) is 0 Å². The monoisotopic (exact) mass is 625 g/mol. The number of aromatic nitrogens is 2. The number of amides is 2. The molecule has 3 saturated heterocycles. The van der Waals surface area contributed by atoms with Gasteiger partial charge in [0.05, 0.1) is 0 Å². The maximum Gasteiger partial charge on any atom is 0.321 e. The fourth-order valence-corrected chi connectivity index (χ4v) is 6.74. The van der Waals surface area contributed by atoms with Crippen molar-refractivity contribution in [1.82, 2.24) is 24.7 Å². The first-order valence-corrected chi connectivity index (χ1v) is 16.7. The number of ketones is 1. The predicted octanol–water partition coefficient (Wildman–Crippen LogP) is 4.69. The molecule has 11 nitrogen and oxygen atoms in total. The molecule has 4 heterocycles. The molecule has 244 valence electrons. The summed E-state index contributed by atoms with van der Waals surface area (Å²) in [4.78, 5) is 45.6. The summed E-state index contributed by atoms with van der Waals surface area (Å²) in [5, 5.41) is 6.33. The summed E-state index contributed by atoms with van der Waals surface area (Å²) in [5.74, 6) is 1.45. The third kappa shape index (κ3) is 7.59. The van der Waals surface area contributed by atoms with Gasteiger partial charge in [-0.1, -0.05) is 6.92 Å². The van der Waals surface area contributed by atoms with E-state index < -0.39 is 0 Å². The molecule has 0 aliphatic carbocycles. The molecule has 3 aliphatic heterocycles. The second-order valence-electron chi connectivity index (χ2n) is 12.6. The largest absolute Gasteiger partial charge is 0.371 e. The number of carbonyl (C=O) groups is 2. The molecule has 3 fully saturated rings. The highest BCUT2D eigenvalue weighted by Crippen LogP contribution is 2.27. The number of likely N-dealkylation sites (N-methyl/N-ethyl adjacent to an activating group) is 1. The van der Waals surface area contributed by atoms with Gasteiger partial charge >= 0.3 is 6.03 Å². The van der Waals surface area contributed by atoms with Crippen LogP contribution in [0.25, 0.3) is 0 Å². The van der Waals surface area contributed by atoms with Gasteiger partial charge in [0.15, 0.2) is 5.78 Å². The molecule has 3 aromatic rings. The molecule has 0 unspecified atom stereocenters. The van der Waals surface area contributed by atoms with Crippen molar-refractivity contribution in [2.75, 3.05) is 92.4 Å². The number of carbonyl (C=O) groups excluding carboxylic acids is 2. The number of piperidine rings is 1. The van der Waals surface area contributed by atoms with Gasteiger partial charge in [-0.3, -0.25) is 9.69 Å². The van der Waals surface area contributed by atoms with Gasteiger partial charge in [-0.05, 0) is 81.8 Å². The predicted molar refractivity (Wildman–Crippen MR) is 185 cm³/mol. The smallest absolute Gasteiger partial charge is 0.321 e. The maximum atomic E-state index is 12.9. The van der Waals surface area contributed by atoms with E-state index in [0.29, 0.717) is 49.4 Å². The Morgan fingerprint density at radius 1 is 0.804 bits per heavy atom. The SMILES string of the molecule is CCN1CCN(C2CCN(c3ccc(Nc4ncc(C)c(N5CCN(C(=O)Nc6ccc(C(C)=O)cc6)CC5)n4)cc3)CC2)CC1. The van der Waals surface area contributed by atoms with Crippen molar-refractivity contribution < 1.29 is 9.59 Å². The molecule has 0 radical (unpaired) electrons. The molecule has 1 aromatic heterocycles. The Bertz CT molecular complexity index is 1470. The third-order valence-electron chi connectivity index (χ3n) is 9.68. The fraction of sp³-hybridized carbons (Fsp3) is 0.486. The summed E-state index contributed by atoms with van der Waals surface area (Å²) >= 11 is 0. The number of Topliss-reactive ketones (excluding diaryl/α,β-unsaturated/α-hetero) is 1. The number of hydrogen-bond acceptors (Lipinski definition) is 9. The zero-order chi connectivity index (χ0) is 32.0. The van der Waals surface area contributed by atoms with E-state index in [0.717, 1.165) is 36.7 Å². The Kier molecular flexibility index (Phi) is 9.99. The highest BCUT2D eigenvalue weighted by Gasteiger charge is 2.27. The lowest BCUT2D eigenvalue weighted by Gasteiger charge is -2.43. The van der Waals surface area contributed by atoms with Crippen LogP contribution in [0, 0.1) is 6.92 Å². The Morgan fingerprint density at radius 3 is 2.09 bits per heavy atom. The molecule has 46 heavy (non-hydrogen) atoms. The number of nitrogens with one attached hydrogen (secondary N) is 2. The van der Waals surface area contributed by atoms with Crippen molar-refractivity contribution in [2.24, 2.45) is 0 Å². The Labute approximate surface area is 272 Å². The lowest BCUT2D eigenvalue weighted by molar-refractivity contribution is 0.0878. The van der Waals surface area contributed by atoms with Crippen molar-refractivity contribution in [3.63, 3.8) is 0 Å². The average Bonchev–Trinajstić information content (AvgIpc) is 3.10. The van der Waals surface area contributed by atoms with E-state index in [4.69, 9.17) is 4.98 Å². The van der Waals surface area contributed by atoms with Crippen molar-refractivity contribution in [3.8, 4) is 0 Å². The first-order valence-electron chi connectivity index (χ1n) is 16.7. The number of urea groups is 1. The van der Waals surface area contributed by atoms with Crippen LogP contribution in [0.3, 0.4) is 0 Å². The fourth-order valence-electron chi connectivity index (χ4n) is 6.74. The number of nitrogens with zero attached hydrogens (tertiary/aromatic N) is 7. The van der Waals surface area contributed by atoms with Crippen LogP contribution in [0.15, 0.2) is 54.7 Å². The average molecular weight is 626 g/mol. The van der Waals surface area contributed by atoms with E-state index in [1.54, 1.807) is 24.3 Å². The zero-order valence-electron chi connectivity index (χ0n) is 27.4. The topological polar surface area (TPSA) is 100 Å². The maximum absolute atomic E-state index is 12.9. The number of rotatable bonds is 8. The van der Waals surface area contributed by atoms with E-state index in [1.165, 1.54) is 51.6 Å². The van der Waals surface area contributed by atoms with Crippen LogP contribution in [0.5, 0.6) is 0 Å². The Hall–Kier alpha value is -4.22. The van der Waals surface area contributed by atoms with Crippen LogP contribution in [0.4, 0.5) is 33.6 Å².